The molecular formula is C10H13BrN2O2. The molecule has 0 fully saturated rings. The number of carbonyl (C=O) groups excluding carboxylic acids is 1. The van der Waals surface area contributed by atoms with Crippen LogP contribution in [0.4, 0.5) is 0 Å². The molecule has 4 nitrogen and oxygen atoms in total. The van der Waals surface area contributed by atoms with E-state index in [-0.39, 0.29) is 11.9 Å². The number of hydrogen-bond donors (Lipinski definition) is 1. The zero-order valence-corrected chi connectivity index (χ0v) is 10.2. The summed E-state index contributed by atoms with van der Waals surface area (Å²) in [6.45, 7) is 1.91. The number of halogens is 1. The molecule has 0 saturated heterocycles. The number of alkyl halides is 1. The van der Waals surface area contributed by atoms with E-state index in [1.807, 2.05) is 6.92 Å². The summed E-state index contributed by atoms with van der Waals surface area (Å²) in [4.78, 5) is 15.7. The molecule has 0 aliphatic rings. The van der Waals surface area contributed by atoms with Crippen LogP contribution in [0.2, 0.25) is 0 Å². The Morgan fingerprint density at radius 3 is 3.07 bits per heavy atom. The fourth-order valence-corrected chi connectivity index (χ4v) is 1.23. The van der Waals surface area contributed by atoms with E-state index in [0.29, 0.717) is 16.8 Å². The van der Waals surface area contributed by atoms with Crippen LogP contribution >= 0.6 is 15.9 Å². The van der Waals surface area contributed by atoms with E-state index in [2.05, 4.69) is 26.2 Å². The summed E-state index contributed by atoms with van der Waals surface area (Å²) >= 11 is 3.29. The number of hydrogen-bond acceptors (Lipinski definition) is 3. The molecule has 15 heavy (non-hydrogen) atoms. The second-order valence-corrected chi connectivity index (χ2v) is 3.74. The SMILES string of the molecule is COc1ncccc1C(=O)NC(C)CBr. The standard InChI is InChI=1S/C10H13BrN2O2/c1-7(6-11)13-9(14)8-4-3-5-12-10(8)15-2/h3-5,7H,6H2,1-2H3,(H,13,14). The molecule has 0 spiro atoms. The van der Waals surface area contributed by atoms with Crippen molar-refractivity contribution in [3.05, 3.63) is 23.9 Å². The van der Waals surface area contributed by atoms with E-state index >= 15 is 0 Å². The summed E-state index contributed by atoms with van der Waals surface area (Å²) in [6, 6.07) is 3.46. The van der Waals surface area contributed by atoms with E-state index in [1.165, 1.54) is 7.11 Å². The Labute approximate surface area is 97.2 Å². The van der Waals surface area contributed by atoms with E-state index in [0.717, 1.165) is 0 Å². The molecule has 1 atom stereocenters. The molecule has 1 amide bonds. The first-order valence-corrected chi connectivity index (χ1v) is 5.67. The Hall–Kier alpha value is -1.10. The topological polar surface area (TPSA) is 51.2 Å². The maximum Gasteiger partial charge on any atom is 0.257 e. The van der Waals surface area contributed by atoms with Gasteiger partial charge >= 0.3 is 0 Å². The van der Waals surface area contributed by atoms with Gasteiger partial charge in [-0.3, -0.25) is 4.79 Å². The summed E-state index contributed by atoms with van der Waals surface area (Å²) in [5.74, 6) is 0.170. The molecule has 0 aliphatic carbocycles. The van der Waals surface area contributed by atoms with Gasteiger partial charge in [-0.1, -0.05) is 15.9 Å². The Morgan fingerprint density at radius 2 is 2.47 bits per heavy atom. The highest BCUT2D eigenvalue weighted by molar-refractivity contribution is 9.09. The van der Waals surface area contributed by atoms with Crippen LogP contribution in [-0.4, -0.2) is 29.4 Å². The van der Waals surface area contributed by atoms with Gasteiger partial charge in [0.05, 0.1) is 7.11 Å². The molecule has 5 heteroatoms. The maximum atomic E-state index is 11.7. The van der Waals surface area contributed by atoms with Gasteiger partial charge in [0.25, 0.3) is 5.91 Å². The largest absolute Gasteiger partial charge is 0.480 e. The van der Waals surface area contributed by atoms with Crippen LogP contribution in [0.25, 0.3) is 0 Å². The summed E-state index contributed by atoms with van der Waals surface area (Å²) in [5.41, 5.74) is 0.452. The Morgan fingerprint density at radius 1 is 1.73 bits per heavy atom. The minimum Gasteiger partial charge on any atom is -0.480 e. The van der Waals surface area contributed by atoms with Crippen LogP contribution in [-0.2, 0) is 0 Å². The molecule has 1 N–H and O–H groups in total. The van der Waals surface area contributed by atoms with E-state index < -0.39 is 0 Å². The molecule has 1 rings (SSSR count). The minimum absolute atomic E-state index is 0.0717. The average Bonchev–Trinajstić information content (AvgIpc) is 2.28. The zero-order valence-electron chi connectivity index (χ0n) is 8.66. The van der Waals surface area contributed by atoms with E-state index in [1.54, 1.807) is 18.3 Å². The maximum absolute atomic E-state index is 11.7. The van der Waals surface area contributed by atoms with Gasteiger partial charge in [-0.25, -0.2) is 4.98 Å². The molecular weight excluding hydrogens is 260 g/mol. The summed E-state index contributed by atoms with van der Waals surface area (Å²) in [5, 5.41) is 3.52. The lowest BCUT2D eigenvalue weighted by atomic mass is 10.2. The Balaban J connectivity index is 2.81. The molecule has 0 radical (unpaired) electrons. The summed E-state index contributed by atoms with van der Waals surface area (Å²) < 4.78 is 5.00. The number of methoxy groups -OCH3 is 1. The number of rotatable bonds is 4. The molecule has 1 aromatic heterocycles. The highest BCUT2D eigenvalue weighted by Crippen LogP contribution is 2.13. The van der Waals surface area contributed by atoms with Crippen molar-refractivity contribution in [3.63, 3.8) is 0 Å². The van der Waals surface area contributed by atoms with Gasteiger partial charge in [0, 0.05) is 17.6 Å². The number of nitrogens with one attached hydrogen (secondary N) is 1. The van der Waals surface area contributed by atoms with Crippen molar-refractivity contribution in [2.24, 2.45) is 0 Å². The van der Waals surface area contributed by atoms with Crippen molar-refractivity contribution >= 4 is 21.8 Å². The molecule has 0 aliphatic heterocycles. The molecule has 1 unspecified atom stereocenters. The smallest absolute Gasteiger partial charge is 0.257 e. The van der Waals surface area contributed by atoms with Crippen LogP contribution in [0, 0.1) is 0 Å². The van der Waals surface area contributed by atoms with Crippen molar-refractivity contribution in [1.82, 2.24) is 10.3 Å². The molecule has 1 heterocycles. The molecule has 0 aromatic carbocycles. The Kier molecular flexibility index (Phi) is 4.55. The van der Waals surface area contributed by atoms with Gasteiger partial charge in [-0.15, -0.1) is 0 Å². The number of pyridine rings is 1. The van der Waals surface area contributed by atoms with Gasteiger partial charge in [0.1, 0.15) is 5.56 Å². The zero-order chi connectivity index (χ0) is 11.3. The molecule has 1 aromatic rings. The highest BCUT2D eigenvalue weighted by Gasteiger charge is 2.14. The van der Waals surface area contributed by atoms with E-state index in [4.69, 9.17) is 4.74 Å². The predicted octanol–water partition coefficient (Wildman–Crippen LogP) is 1.60. The lowest BCUT2D eigenvalue weighted by Crippen LogP contribution is -2.33. The van der Waals surface area contributed by atoms with Crippen LogP contribution in [0.3, 0.4) is 0 Å². The molecule has 0 saturated carbocycles. The first kappa shape index (κ1) is 12.0. The van der Waals surface area contributed by atoms with Gasteiger partial charge in [-0.2, -0.15) is 0 Å². The first-order valence-electron chi connectivity index (χ1n) is 4.55. The monoisotopic (exact) mass is 272 g/mol. The van der Waals surface area contributed by atoms with E-state index in [9.17, 15) is 4.79 Å². The number of amides is 1. The number of carbonyl (C=O) groups is 1. The number of ether oxygens (including phenoxy) is 1. The third-order valence-corrected chi connectivity index (χ3v) is 2.79. The average molecular weight is 273 g/mol. The van der Waals surface area contributed by atoms with Crippen LogP contribution < -0.4 is 10.1 Å². The van der Waals surface area contributed by atoms with Crippen LogP contribution in [0.15, 0.2) is 18.3 Å². The first-order chi connectivity index (χ1) is 7.19. The van der Waals surface area contributed by atoms with Crippen LogP contribution in [0.1, 0.15) is 17.3 Å². The predicted molar refractivity (Wildman–Crippen MR) is 61.5 cm³/mol. The normalized spacial score (nSPS) is 11.9. The summed E-state index contributed by atoms with van der Waals surface area (Å²) in [7, 11) is 1.49. The fourth-order valence-electron chi connectivity index (χ4n) is 1.07. The Bertz CT molecular complexity index is 344. The van der Waals surface area contributed by atoms with Gasteiger partial charge in [0.15, 0.2) is 0 Å². The lowest BCUT2D eigenvalue weighted by molar-refractivity contribution is 0.0940. The van der Waals surface area contributed by atoms with Crippen molar-refractivity contribution in [2.45, 2.75) is 13.0 Å². The van der Waals surface area contributed by atoms with Gasteiger partial charge < -0.3 is 10.1 Å². The number of aromatic nitrogens is 1. The fraction of sp³-hybridized carbons (Fsp3) is 0.400. The molecule has 82 valence electrons. The second-order valence-electron chi connectivity index (χ2n) is 3.09. The van der Waals surface area contributed by atoms with Gasteiger partial charge in [0.2, 0.25) is 5.88 Å². The second kappa shape index (κ2) is 5.70. The third kappa shape index (κ3) is 3.20. The van der Waals surface area contributed by atoms with Crippen molar-refractivity contribution in [1.29, 1.82) is 0 Å². The lowest BCUT2D eigenvalue weighted by Gasteiger charge is -2.11. The highest BCUT2D eigenvalue weighted by atomic mass is 79.9. The van der Waals surface area contributed by atoms with Crippen molar-refractivity contribution in [2.75, 3.05) is 12.4 Å². The number of nitrogens with zero attached hydrogens (tertiary/aromatic N) is 1. The van der Waals surface area contributed by atoms with Crippen molar-refractivity contribution < 1.29 is 9.53 Å². The third-order valence-electron chi connectivity index (χ3n) is 1.82. The van der Waals surface area contributed by atoms with Crippen molar-refractivity contribution in [3.8, 4) is 5.88 Å². The quantitative estimate of drug-likeness (QED) is 0.848. The summed E-state index contributed by atoms with van der Waals surface area (Å²) in [6.07, 6.45) is 1.59. The van der Waals surface area contributed by atoms with Crippen LogP contribution in [0.5, 0.6) is 5.88 Å². The molecule has 0 bridgehead atoms. The minimum atomic E-state index is -0.174. The van der Waals surface area contributed by atoms with Gasteiger partial charge in [-0.05, 0) is 19.1 Å².